The van der Waals surface area contributed by atoms with Crippen LogP contribution >= 0.6 is 0 Å². The van der Waals surface area contributed by atoms with Crippen molar-refractivity contribution in [1.29, 1.82) is 0 Å². The lowest BCUT2D eigenvalue weighted by molar-refractivity contribution is 0.0617. The van der Waals surface area contributed by atoms with Gasteiger partial charge in [-0.1, -0.05) is 17.7 Å². The second kappa shape index (κ2) is 7.12. The van der Waals surface area contributed by atoms with Crippen molar-refractivity contribution in [2.24, 2.45) is 0 Å². The SMILES string of the molecule is Cc1cc(C)c(S(=O)(=O)N2CCN(C[C@@H]3CCCO3)CC2)c(C)c1. The van der Waals surface area contributed by atoms with Gasteiger partial charge in [0.05, 0.1) is 11.0 Å². The molecule has 3 rings (SSSR count). The fraction of sp³-hybridized carbons (Fsp3) is 0.667. The summed E-state index contributed by atoms with van der Waals surface area (Å²) in [5.74, 6) is 0. The Labute approximate surface area is 145 Å². The smallest absolute Gasteiger partial charge is 0.243 e. The van der Waals surface area contributed by atoms with E-state index in [2.05, 4.69) is 4.90 Å². The first kappa shape index (κ1) is 17.9. The quantitative estimate of drug-likeness (QED) is 0.833. The standard InChI is InChI=1S/C18H28N2O3S/c1-14-11-15(2)18(16(3)12-14)24(21,22)20-8-6-19(7-9-20)13-17-5-4-10-23-17/h11-12,17H,4-10,13H2,1-3H3/t17-/m0/s1. The molecule has 2 aliphatic heterocycles. The first-order chi connectivity index (χ1) is 11.4. The third-order valence-electron chi connectivity index (χ3n) is 5.02. The molecule has 0 saturated carbocycles. The number of ether oxygens (including phenoxy) is 1. The van der Waals surface area contributed by atoms with Crippen LogP contribution in [0.4, 0.5) is 0 Å². The van der Waals surface area contributed by atoms with Gasteiger partial charge in [-0.25, -0.2) is 8.42 Å². The maximum Gasteiger partial charge on any atom is 0.243 e. The first-order valence-electron chi connectivity index (χ1n) is 8.80. The Morgan fingerprint density at radius 2 is 1.71 bits per heavy atom. The van der Waals surface area contributed by atoms with Gasteiger partial charge in [0.2, 0.25) is 10.0 Å². The summed E-state index contributed by atoms with van der Waals surface area (Å²) in [6, 6.07) is 3.90. The van der Waals surface area contributed by atoms with Crippen molar-refractivity contribution in [3.05, 3.63) is 28.8 Å². The largest absolute Gasteiger partial charge is 0.377 e. The van der Waals surface area contributed by atoms with E-state index in [9.17, 15) is 8.42 Å². The minimum atomic E-state index is -3.42. The van der Waals surface area contributed by atoms with Crippen LogP contribution in [0.15, 0.2) is 17.0 Å². The van der Waals surface area contributed by atoms with E-state index >= 15 is 0 Å². The molecule has 0 aliphatic carbocycles. The molecule has 6 heteroatoms. The zero-order chi connectivity index (χ0) is 17.3. The predicted octanol–water partition coefficient (Wildman–Crippen LogP) is 2.10. The van der Waals surface area contributed by atoms with Gasteiger partial charge in [-0.05, 0) is 44.7 Å². The van der Waals surface area contributed by atoms with Gasteiger partial charge in [-0.15, -0.1) is 0 Å². The average Bonchev–Trinajstić information content (AvgIpc) is 2.99. The number of benzene rings is 1. The molecular weight excluding hydrogens is 324 g/mol. The van der Waals surface area contributed by atoms with E-state index < -0.39 is 10.0 Å². The molecule has 2 heterocycles. The second-order valence-corrected chi connectivity index (χ2v) is 8.94. The monoisotopic (exact) mass is 352 g/mol. The molecule has 0 radical (unpaired) electrons. The van der Waals surface area contributed by atoms with Crippen LogP contribution < -0.4 is 0 Å². The van der Waals surface area contributed by atoms with Crippen LogP contribution in [0.3, 0.4) is 0 Å². The maximum atomic E-state index is 13.1. The lowest BCUT2D eigenvalue weighted by Gasteiger charge is -2.35. The van der Waals surface area contributed by atoms with Gasteiger partial charge >= 0.3 is 0 Å². The summed E-state index contributed by atoms with van der Waals surface area (Å²) < 4.78 is 33.5. The number of aryl methyl sites for hydroxylation is 3. The number of hydrogen-bond donors (Lipinski definition) is 0. The van der Waals surface area contributed by atoms with E-state index in [1.165, 1.54) is 0 Å². The normalized spacial score (nSPS) is 23.7. The number of nitrogens with zero attached hydrogens (tertiary/aromatic N) is 2. The third-order valence-corrected chi connectivity index (χ3v) is 7.22. The lowest BCUT2D eigenvalue weighted by Crippen LogP contribution is -2.50. The van der Waals surface area contributed by atoms with Crippen LogP contribution in [-0.2, 0) is 14.8 Å². The molecule has 0 aromatic heterocycles. The van der Waals surface area contributed by atoms with E-state index in [-0.39, 0.29) is 0 Å². The van der Waals surface area contributed by atoms with Gasteiger partial charge in [0.1, 0.15) is 0 Å². The number of rotatable bonds is 4. The summed E-state index contributed by atoms with van der Waals surface area (Å²) in [6.45, 7) is 10.2. The van der Waals surface area contributed by atoms with Crippen molar-refractivity contribution in [3.8, 4) is 0 Å². The summed E-state index contributed by atoms with van der Waals surface area (Å²) in [5.41, 5.74) is 2.79. The van der Waals surface area contributed by atoms with Crippen LogP contribution in [0, 0.1) is 20.8 Å². The Balaban J connectivity index is 1.69. The molecule has 0 spiro atoms. The van der Waals surface area contributed by atoms with Crippen LogP contribution in [0.1, 0.15) is 29.5 Å². The second-order valence-electron chi connectivity index (χ2n) is 7.07. The fourth-order valence-corrected chi connectivity index (χ4v) is 5.77. The summed E-state index contributed by atoms with van der Waals surface area (Å²) in [6.07, 6.45) is 2.60. The average molecular weight is 353 g/mol. The predicted molar refractivity (Wildman–Crippen MR) is 94.8 cm³/mol. The number of hydrogen-bond acceptors (Lipinski definition) is 4. The van der Waals surface area contributed by atoms with Gasteiger partial charge in [0, 0.05) is 39.3 Å². The first-order valence-corrected chi connectivity index (χ1v) is 10.2. The molecule has 1 aromatic carbocycles. The Morgan fingerprint density at radius 1 is 1.08 bits per heavy atom. The molecule has 0 unspecified atom stereocenters. The topological polar surface area (TPSA) is 49.9 Å². The molecule has 2 fully saturated rings. The van der Waals surface area contributed by atoms with Gasteiger partial charge in [-0.3, -0.25) is 4.90 Å². The molecule has 5 nitrogen and oxygen atoms in total. The van der Waals surface area contributed by atoms with E-state index in [4.69, 9.17) is 4.74 Å². The molecule has 1 aromatic rings. The van der Waals surface area contributed by atoms with Gasteiger partial charge in [0.25, 0.3) is 0 Å². The van der Waals surface area contributed by atoms with E-state index in [1.54, 1.807) is 4.31 Å². The van der Waals surface area contributed by atoms with Crippen molar-refractivity contribution in [3.63, 3.8) is 0 Å². The van der Waals surface area contributed by atoms with Crippen molar-refractivity contribution in [1.82, 2.24) is 9.21 Å². The molecule has 2 saturated heterocycles. The molecule has 134 valence electrons. The Bertz CT molecular complexity index is 665. The fourth-order valence-electron chi connectivity index (χ4n) is 3.93. The minimum Gasteiger partial charge on any atom is -0.377 e. The molecule has 0 bridgehead atoms. The van der Waals surface area contributed by atoms with E-state index in [0.717, 1.165) is 55.8 Å². The summed E-state index contributed by atoms with van der Waals surface area (Å²) in [4.78, 5) is 2.82. The number of piperazine rings is 1. The summed E-state index contributed by atoms with van der Waals surface area (Å²) >= 11 is 0. The highest BCUT2D eigenvalue weighted by Gasteiger charge is 2.31. The minimum absolute atomic E-state index is 0.328. The highest BCUT2D eigenvalue weighted by atomic mass is 32.2. The van der Waals surface area contributed by atoms with Crippen molar-refractivity contribution in [2.75, 3.05) is 39.3 Å². The highest BCUT2D eigenvalue weighted by molar-refractivity contribution is 7.89. The summed E-state index contributed by atoms with van der Waals surface area (Å²) in [7, 11) is -3.42. The Kier molecular flexibility index (Phi) is 5.30. The van der Waals surface area contributed by atoms with Crippen LogP contribution in [0.5, 0.6) is 0 Å². The third kappa shape index (κ3) is 3.67. The van der Waals surface area contributed by atoms with Crippen molar-refractivity contribution in [2.45, 2.75) is 44.6 Å². The van der Waals surface area contributed by atoms with E-state index in [0.29, 0.717) is 24.1 Å². The van der Waals surface area contributed by atoms with Crippen molar-refractivity contribution < 1.29 is 13.2 Å². The van der Waals surface area contributed by atoms with Gasteiger partial charge in [-0.2, -0.15) is 4.31 Å². The number of sulfonamides is 1. The molecule has 24 heavy (non-hydrogen) atoms. The van der Waals surface area contributed by atoms with Gasteiger partial charge in [0.15, 0.2) is 0 Å². The van der Waals surface area contributed by atoms with Crippen LogP contribution in [0.25, 0.3) is 0 Å². The Morgan fingerprint density at radius 3 is 2.25 bits per heavy atom. The zero-order valence-electron chi connectivity index (χ0n) is 14.9. The Hall–Kier alpha value is -0.950. The van der Waals surface area contributed by atoms with Crippen LogP contribution in [0.2, 0.25) is 0 Å². The van der Waals surface area contributed by atoms with E-state index in [1.807, 2.05) is 32.9 Å². The maximum absolute atomic E-state index is 13.1. The molecule has 0 amide bonds. The zero-order valence-corrected chi connectivity index (χ0v) is 15.7. The van der Waals surface area contributed by atoms with Gasteiger partial charge < -0.3 is 4.74 Å². The lowest BCUT2D eigenvalue weighted by atomic mass is 10.1. The molecule has 1 atom stereocenters. The molecule has 2 aliphatic rings. The molecular formula is C18H28N2O3S. The van der Waals surface area contributed by atoms with Crippen LogP contribution in [-0.4, -0.2) is 63.1 Å². The highest BCUT2D eigenvalue weighted by Crippen LogP contribution is 2.26. The molecule has 0 N–H and O–H groups in total. The summed E-state index contributed by atoms with van der Waals surface area (Å²) in [5, 5.41) is 0. The van der Waals surface area contributed by atoms with Crippen molar-refractivity contribution >= 4 is 10.0 Å².